The summed E-state index contributed by atoms with van der Waals surface area (Å²) in [5, 5.41) is 10.5. The lowest BCUT2D eigenvalue weighted by Gasteiger charge is -2.22. The van der Waals surface area contributed by atoms with Crippen molar-refractivity contribution in [1.29, 1.82) is 0 Å². The number of halogens is 2. The molecule has 152 valence electrons. The van der Waals surface area contributed by atoms with Gasteiger partial charge in [0.1, 0.15) is 21.9 Å². The minimum absolute atomic E-state index is 0.225. The van der Waals surface area contributed by atoms with Crippen LogP contribution in [0.1, 0.15) is 12.2 Å². The van der Waals surface area contributed by atoms with E-state index in [1.165, 1.54) is 16.7 Å². The number of rotatable bonds is 7. The monoisotopic (exact) mass is 487 g/mol. The number of aliphatic carboxylic acids is 1. The van der Waals surface area contributed by atoms with Crippen LogP contribution in [0.15, 0.2) is 39.7 Å². The normalized spacial score (nSPS) is 16.7. The molecule has 1 aliphatic rings. The number of hydrogen-bond acceptors (Lipinski definition) is 6. The summed E-state index contributed by atoms with van der Waals surface area (Å²) in [4.78, 5) is 25.9. The number of amides is 1. The maximum atomic E-state index is 12.8. The summed E-state index contributed by atoms with van der Waals surface area (Å²) >= 11 is 19.9. The first kappa shape index (κ1) is 22.2. The molecule has 1 aliphatic heterocycles. The van der Waals surface area contributed by atoms with Gasteiger partial charge in [-0.2, -0.15) is 11.8 Å². The van der Waals surface area contributed by atoms with Crippen molar-refractivity contribution in [2.75, 3.05) is 12.0 Å². The van der Waals surface area contributed by atoms with E-state index in [0.29, 0.717) is 44.2 Å². The summed E-state index contributed by atoms with van der Waals surface area (Å²) in [6.45, 7) is 0. The van der Waals surface area contributed by atoms with E-state index in [1.807, 2.05) is 6.26 Å². The van der Waals surface area contributed by atoms with Gasteiger partial charge < -0.3 is 9.52 Å². The van der Waals surface area contributed by atoms with Crippen molar-refractivity contribution in [3.8, 4) is 11.3 Å². The Balaban J connectivity index is 1.84. The first-order valence-electron chi connectivity index (χ1n) is 8.35. The van der Waals surface area contributed by atoms with Crippen molar-refractivity contribution < 1.29 is 19.1 Å². The molecule has 0 unspecified atom stereocenters. The summed E-state index contributed by atoms with van der Waals surface area (Å²) in [7, 11) is 0. The highest BCUT2D eigenvalue weighted by Gasteiger charge is 2.40. The Kier molecular flexibility index (Phi) is 7.34. The lowest BCUT2D eigenvalue weighted by atomic mass is 10.2. The third-order valence-electron chi connectivity index (χ3n) is 4.06. The van der Waals surface area contributed by atoms with Crippen LogP contribution in [0.2, 0.25) is 10.0 Å². The molecule has 10 heteroatoms. The second-order valence-electron chi connectivity index (χ2n) is 6.05. The quantitative estimate of drug-likeness (QED) is 0.398. The van der Waals surface area contributed by atoms with Gasteiger partial charge in [-0.1, -0.05) is 47.2 Å². The molecule has 1 amide bonds. The maximum absolute atomic E-state index is 12.8. The minimum Gasteiger partial charge on any atom is -0.480 e. The minimum atomic E-state index is -1.07. The second kappa shape index (κ2) is 9.57. The van der Waals surface area contributed by atoms with Crippen molar-refractivity contribution >= 4 is 81.2 Å². The number of carbonyl (C=O) groups is 2. The zero-order valence-electron chi connectivity index (χ0n) is 15.1. The lowest BCUT2D eigenvalue weighted by Crippen LogP contribution is -2.44. The van der Waals surface area contributed by atoms with Crippen LogP contribution in [-0.4, -0.2) is 44.3 Å². The molecule has 1 aromatic heterocycles. The molecule has 2 heterocycles. The zero-order valence-corrected chi connectivity index (χ0v) is 19.0. The van der Waals surface area contributed by atoms with E-state index in [0.717, 1.165) is 11.8 Å². The van der Waals surface area contributed by atoms with Gasteiger partial charge in [0.05, 0.1) is 4.91 Å². The van der Waals surface area contributed by atoms with Crippen molar-refractivity contribution in [3.05, 3.63) is 51.0 Å². The molecule has 0 aliphatic carbocycles. The molecule has 0 spiro atoms. The van der Waals surface area contributed by atoms with Crippen LogP contribution < -0.4 is 0 Å². The van der Waals surface area contributed by atoms with Crippen LogP contribution in [0.4, 0.5) is 0 Å². The molecule has 3 rings (SSSR count). The fraction of sp³-hybridized carbons (Fsp3) is 0.211. The Hall–Kier alpha value is -1.45. The van der Waals surface area contributed by atoms with Gasteiger partial charge in [0.15, 0.2) is 0 Å². The summed E-state index contributed by atoms with van der Waals surface area (Å²) in [5.74, 6) is 0.0793. The second-order valence-corrected chi connectivity index (χ2v) is 9.58. The largest absolute Gasteiger partial charge is 0.480 e. The number of carboxylic acid groups (broad SMARTS) is 1. The molecule has 5 nitrogen and oxygen atoms in total. The van der Waals surface area contributed by atoms with Gasteiger partial charge in [-0.15, -0.1) is 0 Å². The molecule has 0 radical (unpaired) electrons. The third kappa shape index (κ3) is 5.19. The van der Waals surface area contributed by atoms with Crippen LogP contribution >= 0.6 is 58.9 Å². The van der Waals surface area contributed by atoms with E-state index in [9.17, 15) is 14.7 Å². The van der Waals surface area contributed by atoms with Crippen LogP contribution in [-0.2, 0) is 9.59 Å². The van der Waals surface area contributed by atoms with Gasteiger partial charge in [0, 0.05) is 21.7 Å². The Bertz CT molecular complexity index is 985. The van der Waals surface area contributed by atoms with Gasteiger partial charge in [-0.3, -0.25) is 9.69 Å². The van der Waals surface area contributed by atoms with Crippen molar-refractivity contribution in [2.45, 2.75) is 12.5 Å². The average Bonchev–Trinajstić information content (AvgIpc) is 3.21. The van der Waals surface area contributed by atoms with Crippen LogP contribution in [0.5, 0.6) is 0 Å². The molecule has 1 aromatic carbocycles. The lowest BCUT2D eigenvalue weighted by molar-refractivity contribution is -0.145. The highest BCUT2D eigenvalue weighted by atomic mass is 35.5. The van der Waals surface area contributed by atoms with E-state index < -0.39 is 17.9 Å². The van der Waals surface area contributed by atoms with E-state index in [-0.39, 0.29) is 4.32 Å². The molecule has 1 N–H and O–H groups in total. The molecule has 1 atom stereocenters. The van der Waals surface area contributed by atoms with E-state index in [1.54, 1.807) is 36.4 Å². The number of thiocarbonyl (C=S) groups is 1. The van der Waals surface area contributed by atoms with Crippen LogP contribution in [0, 0.1) is 0 Å². The number of hydrogen-bond donors (Lipinski definition) is 1. The summed E-state index contributed by atoms with van der Waals surface area (Å²) in [5.41, 5.74) is 0.706. The summed E-state index contributed by atoms with van der Waals surface area (Å²) in [6, 6.07) is 7.53. The highest BCUT2D eigenvalue weighted by molar-refractivity contribution is 8.26. The molecular formula is C19H15Cl2NO4S3. The highest BCUT2D eigenvalue weighted by Crippen LogP contribution is 2.36. The molecule has 2 aromatic rings. The average molecular weight is 488 g/mol. The maximum Gasteiger partial charge on any atom is 0.326 e. The van der Waals surface area contributed by atoms with Crippen molar-refractivity contribution in [2.24, 2.45) is 0 Å². The Labute approximate surface area is 191 Å². The molecular weight excluding hydrogens is 473 g/mol. The predicted octanol–water partition coefficient (Wildman–Crippen LogP) is 5.66. The van der Waals surface area contributed by atoms with E-state index in [2.05, 4.69) is 0 Å². The summed E-state index contributed by atoms with van der Waals surface area (Å²) in [6.07, 6.45) is 3.75. The predicted molar refractivity (Wildman–Crippen MR) is 124 cm³/mol. The topological polar surface area (TPSA) is 70.8 Å². The first-order valence-corrected chi connectivity index (χ1v) is 11.7. The number of furan rings is 1. The van der Waals surface area contributed by atoms with Gasteiger partial charge >= 0.3 is 5.97 Å². The molecule has 0 bridgehead atoms. The molecule has 0 saturated carbocycles. The van der Waals surface area contributed by atoms with Gasteiger partial charge in [-0.05, 0) is 48.8 Å². The van der Waals surface area contributed by atoms with Gasteiger partial charge in [0.25, 0.3) is 5.91 Å². The third-order valence-corrected chi connectivity index (χ3v) is 6.47. The van der Waals surface area contributed by atoms with E-state index >= 15 is 0 Å². The smallest absolute Gasteiger partial charge is 0.326 e. The number of carboxylic acids is 1. The number of benzene rings is 1. The number of nitrogens with zero attached hydrogens (tertiary/aromatic N) is 1. The summed E-state index contributed by atoms with van der Waals surface area (Å²) < 4.78 is 6.02. The Morgan fingerprint density at radius 3 is 2.66 bits per heavy atom. The zero-order chi connectivity index (χ0) is 21.1. The molecule has 1 fully saturated rings. The van der Waals surface area contributed by atoms with Crippen molar-refractivity contribution in [3.63, 3.8) is 0 Å². The van der Waals surface area contributed by atoms with Gasteiger partial charge in [0.2, 0.25) is 0 Å². The number of carbonyl (C=O) groups excluding carboxylic acids is 1. The SMILES string of the molecule is CSCC[C@H](C(=O)O)N1C(=O)/C(=C\c2ccc(-c3cc(Cl)cc(Cl)c3)o2)SC1=S. The first-order chi connectivity index (χ1) is 13.8. The van der Waals surface area contributed by atoms with Crippen LogP contribution in [0.3, 0.4) is 0 Å². The fourth-order valence-electron chi connectivity index (χ4n) is 2.75. The Morgan fingerprint density at radius 2 is 2.03 bits per heavy atom. The molecule has 29 heavy (non-hydrogen) atoms. The number of thioether (sulfide) groups is 2. The van der Waals surface area contributed by atoms with Gasteiger partial charge in [-0.25, -0.2) is 4.79 Å². The Morgan fingerprint density at radius 1 is 1.34 bits per heavy atom. The van der Waals surface area contributed by atoms with Crippen LogP contribution in [0.25, 0.3) is 17.4 Å². The molecule has 1 saturated heterocycles. The standard InChI is InChI=1S/C19H15Cl2NO4S3/c1-28-5-4-14(18(24)25)22-17(23)16(29-19(22)27)9-13-2-3-15(26-13)10-6-11(20)8-12(21)7-10/h2-3,6-9,14H,4-5H2,1H3,(H,24,25)/b16-9+/t14-/m1/s1. The van der Waals surface area contributed by atoms with Crippen molar-refractivity contribution in [1.82, 2.24) is 4.90 Å². The van der Waals surface area contributed by atoms with E-state index in [4.69, 9.17) is 39.8 Å². The fourth-order valence-corrected chi connectivity index (χ4v) is 5.07.